The number of ether oxygens (including phenoxy) is 3. The number of halogens is 1. The van der Waals surface area contributed by atoms with Gasteiger partial charge in [-0.2, -0.15) is 0 Å². The molecule has 2 fully saturated rings. The molecule has 2 saturated heterocycles. The lowest BCUT2D eigenvalue weighted by atomic mass is 9.96. The molecule has 2 N–H and O–H groups in total. The van der Waals surface area contributed by atoms with Gasteiger partial charge in [-0.15, -0.1) is 24.0 Å². The van der Waals surface area contributed by atoms with Crippen LogP contribution in [0.4, 0.5) is 0 Å². The van der Waals surface area contributed by atoms with Gasteiger partial charge < -0.3 is 24.8 Å². The fourth-order valence-electron chi connectivity index (χ4n) is 3.48. The third-order valence-electron chi connectivity index (χ3n) is 4.68. The molecule has 4 unspecified atom stereocenters. The number of nitrogens with one attached hydrogen (secondary N) is 2. The lowest BCUT2D eigenvalue weighted by Crippen LogP contribution is -2.47. The number of aliphatic imine (C=N–C) groups is 1. The topological polar surface area (TPSA) is 64.1 Å². The van der Waals surface area contributed by atoms with E-state index in [4.69, 9.17) is 14.2 Å². The van der Waals surface area contributed by atoms with Crippen molar-refractivity contribution in [2.24, 2.45) is 4.99 Å². The number of hydrogen-bond donors (Lipinski definition) is 2. The summed E-state index contributed by atoms with van der Waals surface area (Å²) < 4.78 is 17.2. The fourth-order valence-corrected chi connectivity index (χ4v) is 3.48. The number of hydrogen-bond acceptors (Lipinski definition) is 4. The van der Waals surface area contributed by atoms with Gasteiger partial charge in [0.2, 0.25) is 0 Å². The van der Waals surface area contributed by atoms with Crippen molar-refractivity contribution in [2.75, 3.05) is 20.2 Å². The van der Waals surface area contributed by atoms with Crippen LogP contribution in [0.25, 0.3) is 0 Å². The molecule has 1 aromatic carbocycles. The molecular weight excluding hydrogens is 445 g/mol. The number of fused-ring (bicyclic) bond motifs is 2. The van der Waals surface area contributed by atoms with Crippen molar-refractivity contribution in [3.63, 3.8) is 0 Å². The number of rotatable bonds is 7. The fraction of sp³-hybridized carbons (Fsp3) is 0.632. The minimum atomic E-state index is -0.0527. The molecule has 1 aromatic rings. The second-order valence-corrected chi connectivity index (χ2v) is 6.66. The van der Waals surface area contributed by atoms with Gasteiger partial charge in [-0.1, -0.05) is 12.1 Å². The average Bonchev–Trinajstić information content (AvgIpc) is 3.23. The van der Waals surface area contributed by atoms with E-state index >= 15 is 0 Å². The summed E-state index contributed by atoms with van der Waals surface area (Å²) in [6, 6.07) is 8.04. The van der Waals surface area contributed by atoms with Crippen LogP contribution in [0.15, 0.2) is 29.3 Å². The van der Waals surface area contributed by atoms with Crippen LogP contribution in [0, 0.1) is 0 Å². The summed E-state index contributed by atoms with van der Waals surface area (Å²) in [6.07, 6.45) is 4.12. The van der Waals surface area contributed by atoms with Crippen molar-refractivity contribution in [3.05, 3.63) is 24.3 Å². The summed E-state index contributed by atoms with van der Waals surface area (Å²) in [5.41, 5.74) is 0. The van der Waals surface area contributed by atoms with Gasteiger partial charge in [0.1, 0.15) is 6.10 Å². The Morgan fingerprint density at radius 1 is 1.31 bits per heavy atom. The molecule has 4 atom stereocenters. The van der Waals surface area contributed by atoms with Gasteiger partial charge in [0.15, 0.2) is 17.5 Å². The zero-order valence-electron chi connectivity index (χ0n) is 15.7. The van der Waals surface area contributed by atoms with Crippen LogP contribution in [-0.2, 0) is 4.74 Å². The van der Waals surface area contributed by atoms with Crippen LogP contribution in [0.2, 0.25) is 0 Å². The van der Waals surface area contributed by atoms with Gasteiger partial charge in [0.05, 0.1) is 31.9 Å². The molecule has 0 spiro atoms. The molecular formula is C19H30IN3O3. The van der Waals surface area contributed by atoms with E-state index in [-0.39, 0.29) is 30.1 Å². The SMILES string of the molecule is CCNC(=NCC(C)Oc1ccccc1OC)NC1CC2CCC1O2.I. The first-order valence-corrected chi connectivity index (χ1v) is 9.19. The van der Waals surface area contributed by atoms with E-state index in [0.717, 1.165) is 36.8 Å². The molecule has 26 heavy (non-hydrogen) atoms. The molecule has 2 aliphatic heterocycles. The third-order valence-corrected chi connectivity index (χ3v) is 4.68. The van der Waals surface area contributed by atoms with Crippen LogP contribution >= 0.6 is 24.0 Å². The Labute approximate surface area is 173 Å². The summed E-state index contributed by atoms with van der Waals surface area (Å²) in [5, 5.41) is 6.84. The number of methoxy groups -OCH3 is 1. The van der Waals surface area contributed by atoms with Crippen LogP contribution in [-0.4, -0.2) is 50.5 Å². The minimum Gasteiger partial charge on any atom is -0.493 e. The highest BCUT2D eigenvalue weighted by atomic mass is 127. The zero-order chi connectivity index (χ0) is 17.6. The van der Waals surface area contributed by atoms with Gasteiger partial charge in [0, 0.05) is 6.54 Å². The summed E-state index contributed by atoms with van der Waals surface area (Å²) in [4.78, 5) is 4.69. The second kappa shape index (κ2) is 10.2. The molecule has 6 nitrogen and oxygen atoms in total. The average molecular weight is 475 g/mol. The summed E-state index contributed by atoms with van der Waals surface area (Å²) in [5.74, 6) is 2.31. The first-order valence-electron chi connectivity index (χ1n) is 9.19. The quantitative estimate of drug-likeness (QED) is 0.361. The van der Waals surface area contributed by atoms with Gasteiger partial charge in [0.25, 0.3) is 0 Å². The maximum atomic E-state index is 5.97. The monoisotopic (exact) mass is 475 g/mol. The van der Waals surface area contributed by atoms with Crippen molar-refractivity contribution in [1.82, 2.24) is 10.6 Å². The maximum absolute atomic E-state index is 5.97. The molecule has 0 aromatic heterocycles. The smallest absolute Gasteiger partial charge is 0.191 e. The standard InChI is InChI=1S/C19H29N3O3.HI/c1-4-20-19(22-15-11-14-9-10-16(15)25-14)21-12-13(2)24-18-8-6-5-7-17(18)23-3;/h5-8,13-16H,4,9-12H2,1-3H3,(H2,20,21,22);1H. The number of benzene rings is 1. The van der Waals surface area contributed by atoms with E-state index in [0.29, 0.717) is 24.8 Å². The lowest BCUT2D eigenvalue weighted by Gasteiger charge is -2.23. The van der Waals surface area contributed by atoms with Gasteiger partial charge in [-0.25, -0.2) is 4.99 Å². The molecule has 0 amide bonds. The Hall–Kier alpha value is -1.22. The van der Waals surface area contributed by atoms with Crippen molar-refractivity contribution in [3.8, 4) is 11.5 Å². The first kappa shape index (κ1) is 21.1. The number of para-hydroxylation sites is 2. The highest BCUT2D eigenvalue weighted by Crippen LogP contribution is 2.34. The lowest BCUT2D eigenvalue weighted by molar-refractivity contribution is 0.0992. The molecule has 7 heteroatoms. The zero-order valence-corrected chi connectivity index (χ0v) is 18.1. The van der Waals surface area contributed by atoms with Gasteiger partial charge in [-0.05, 0) is 45.2 Å². The molecule has 2 heterocycles. The molecule has 0 saturated carbocycles. The van der Waals surface area contributed by atoms with E-state index in [9.17, 15) is 0 Å². The molecule has 146 valence electrons. The third kappa shape index (κ3) is 5.39. The summed E-state index contributed by atoms with van der Waals surface area (Å²) >= 11 is 0. The normalized spacial score (nSPS) is 25.3. The second-order valence-electron chi connectivity index (χ2n) is 6.66. The molecule has 2 bridgehead atoms. The van der Waals surface area contributed by atoms with E-state index in [1.54, 1.807) is 7.11 Å². The Bertz CT molecular complexity index is 599. The van der Waals surface area contributed by atoms with E-state index in [2.05, 4.69) is 22.5 Å². The van der Waals surface area contributed by atoms with Crippen LogP contribution in [0.5, 0.6) is 11.5 Å². The van der Waals surface area contributed by atoms with Crippen LogP contribution < -0.4 is 20.1 Å². The molecule has 0 radical (unpaired) electrons. The summed E-state index contributed by atoms with van der Waals surface area (Å²) in [7, 11) is 1.65. The predicted molar refractivity (Wildman–Crippen MR) is 114 cm³/mol. The van der Waals surface area contributed by atoms with Gasteiger partial charge in [-0.3, -0.25) is 0 Å². The highest BCUT2D eigenvalue weighted by Gasteiger charge is 2.41. The van der Waals surface area contributed by atoms with Crippen LogP contribution in [0.3, 0.4) is 0 Å². The Morgan fingerprint density at radius 3 is 2.69 bits per heavy atom. The minimum absolute atomic E-state index is 0. The maximum Gasteiger partial charge on any atom is 0.191 e. The molecule has 0 aliphatic carbocycles. The predicted octanol–water partition coefficient (Wildman–Crippen LogP) is 2.96. The number of nitrogens with zero attached hydrogens (tertiary/aromatic N) is 1. The van der Waals surface area contributed by atoms with Crippen molar-refractivity contribution < 1.29 is 14.2 Å². The Balaban J connectivity index is 0.00000243. The Morgan fingerprint density at radius 2 is 2.08 bits per heavy atom. The summed E-state index contributed by atoms with van der Waals surface area (Å²) in [6.45, 7) is 5.48. The van der Waals surface area contributed by atoms with Crippen molar-refractivity contribution in [2.45, 2.75) is 57.5 Å². The van der Waals surface area contributed by atoms with E-state index < -0.39 is 0 Å². The largest absolute Gasteiger partial charge is 0.493 e. The first-order chi connectivity index (χ1) is 12.2. The highest BCUT2D eigenvalue weighted by molar-refractivity contribution is 14.0. The van der Waals surface area contributed by atoms with Gasteiger partial charge >= 0.3 is 0 Å². The molecule has 3 rings (SSSR count). The van der Waals surface area contributed by atoms with Crippen molar-refractivity contribution in [1.29, 1.82) is 0 Å². The molecule has 2 aliphatic rings. The van der Waals surface area contributed by atoms with E-state index in [1.165, 1.54) is 6.42 Å². The van der Waals surface area contributed by atoms with Crippen LogP contribution in [0.1, 0.15) is 33.1 Å². The van der Waals surface area contributed by atoms with E-state index in [1.807, 2.05) is 31.2 Å². The number of guanidine groups is 1. The Kier molecular flexibility index (Phi) is 8.27. The van der Waals surface area contributed by atoms with Crippen molar-refractivity contribution >= 4 is 29.9 Å².